The van der Waals surface area contributed by atoms with E-state index >= 15 is 0 Å². The Morgan fingerprint density at radius 3 is 0.862 bits per heavy atom. The molecule has 0 amide bonds. The molecule has 0 aromatic carbocycles. The smallest absolute Gasteiger partial charge is 0.462 e. The second kappa shape index (κ2) is 72.1. The molecule has 0 aliphatic heterocycles. The lowest BCUT2D eigenvalue weighted by atomic mass is 10.0. The summed E-state index contributed by atoms with van der Waals surface area (Å²) >= 11 is 0. The van der Waals surface area contributed by atoms with E-state index in [1.165, 1.54) is 96.3 Å². The molecule has 0 rings (SSSR count). The number of allylic oxidation sites excluding steroid dienone is 32. The van der Waals surface area contributed by atoms with Crippen molar-refractivity contribution in [2.24, 2.45) is 0 Å². The zero-order valence-electron chi connectivity index (χ0n) is 60.4. The van der Waals surface area contributed by atoms with Gasteiger partial charge in [-0.15, -0.1) is 0 Å². The fraction of sp³-hybridized carbons (Fsp3) is 0.595. The van der Waals surface area contributed by atoms with Crippen LogP contribution in [0.25, 0.3) is 0 Å². The summed E-state index contributed by atoms with van der Waals surface area (Å²) in [5.41, 5.74) is 0. The van der Waals surface area contributed by atoms with E-state index in [2.05, 4.69) is 208 Å². The highest BCUT2D eigenvalue weighted by atomic mass is 31.2. The molecule has 0 fully saturated rings. The van der Waals surface area contributed by atoms with Gasteiger partial charge in [0.2, 0.25) is 0 Å². The molecule has 0 aromatic rings. The maximum absolute atomic E-state index is 12.9. The first kappa shape index (κ1) is 88.8. The molecule has 94 heavy (non-hydrogen) atoms. The number of hydrogen-bond donors (Lipinski definition) is 1. The van der Waals surface area contributed by atoms with Crippen molar-refractivity contribution in [1.82, 2.24) is 0 Å². The summed E-state index contributed by atoms with van der Waals surface area (Å²) in [6.45, 7) is 4.16. The third kappa shape index (κ3) is 75.9. The van der Waals surface area contributed by atoms with Crippen LogP contribution in [0.3, 0.4) is 0 Å². The molecule has 0 radical (unpaired) electrons. The molecule has 2 unspecified atom stereocenters. The van der Waals surface area contributed by atoms with E-state index in [0.29, 0.717) is 17.4 Å². The van der Waals surface area contributed by atoms with E-state index in [9.17, 15) is 19.0 Å². The molecule has 0 spiro atoms. The fourth-order valence-corrected chi connectivity index (χ4v) is 10.3. The largest absolute Gasteiger partial charge is 0.472 e. The topological polar surface area (TPSA) is 108 Å². The molecule has 9 nitrogen and oxygen atoms in total. The number of quaternary nitrogens is 1. The minimum atomic E-state index is -4.42. The van der Waals surface area contributed by atoms with Gasteiger partial charge in [-0.25, -0.2) is 4.57 Å². The van der Waals surface area contributed by atoms with Crippen molar-refractivity contribution in [3.63, 3.8) is 0 Å². The van der Waals surface area contributed by atoms with E-state index in [4.69, 9.17) is 18.5 Å². The lowest BCUT2D eigenvalue weighted by Crippen LogP contribution is -2.37. The predicted molar refractivity (Wildman–Crippen MR) is 408 cm³/mol. The summed E-state index contributed by atoms with van der Waals surface area (Å²) < 4.78 is 34.7. The molecule has 0 aromatic heterocycles. The summed E-state index contributed by atoms with van der Waals surface area (Å²) in [4.78, 5) is 35.9. The van der Waals surface area contributed by atoms with Gasteiger partial charge < -0.3 is 18.9 Å². The van der Waals surface area contributed by atoms with E-state index in [1.807, 2.05) is 21.1 Å². The van der Waals surface area contributed by atoms with Crippen molar-refractivity contribution in [3.8, 4) is 0 Å². The molecule has 0 heterocycles. The van der Waals surface area contributed by atoms with Gasteiger partial charge in [-0.1, -0.05) is 311 Å². The Kier molecular flexibility index (Phi) is 68.2. The number of nitrogens with zero attached hydrogens (tertiary/aromatic N) is 1. The van der Waals surface area contributed by atoms with Crippen molar-refractivity contribution in [2.75, 3.05) is 47.5 Å². The average Bonchev–Trinajstić information content (AvgIpc) is 1.66. The van der Waals surface area contributed by atoms with Gasteiger partial charge in [0.15, 0.2) is 6.10 Å². The molecule has 0 aliphatic rings. The number of likely N-dealkylation sites (N-methyl/N-ethyl adjacent to an activating group) is 1. The van der Waals surface area contributed by atoms with Crippen LogP contribution in [0.5, 0.6) is 0 Å². The monoisotopic (exact) mass is 1320 g/mol. The summed E-state index contributed by atoms with van der Waals surface area (Å²) in [5, 5.41) is 0. The lowest BCUT2D eigenvalue weighted by molar-refractivity contribution is -0.870. The number of ether oxygens (including phenoxy) is 2. The number of carbonyl (C=O) groups excluding carboxylic acids is 2. The SMILES string of the molecule is CC/C=C\C/C=C\C/C=C\C/C=C\C/C=C\C/C=C\C/C=C\C/C=C\C/C=C\CCCCCC(=O)OC(COC(=O)CCCCCCCCCCCCCCCCCCC/C=C\C/C=C\C/C=C\C/C=C\C/C=C\C/C=C\C/C=C\CC)COP(=O)(O)OCC[N+](C)(C)C. The Hall–Kier alpha value is -5.15. The predicted octanol–water partition coefficient (Wildman–Crippen LogP) is 24.8. The second-order valence-electron chi connectivity index (χ2n) is 25.2. The van der Waals surface area contributed by atoms with Gasteiger partial charge >= 0.3 is 19.8 Å². The third-order valence-corrected chi connectivity index (χ3v) is 16.1. The van der Waals surface area contributed by atoms with Crippen molar-refractivity contribution < 1.29 is 42.1 Å². The number of phosphoric acid groups is 1. The first-order valence-electron chi connectivity index (χ1n) is 37.2. The summed E-state index contributed by atoms with van der Waals surface area (Å²) in [7, 11) is 1.43. The first-order chi connectivity index (χ1) is 46.0. The molecule has 10 heteroatoms. The normalized spacial score (nSPS) is 14.2. The molecule has 1 N–H and O–H groups in total. The van der Waals surface area contributed by atoms with E-state index in [1.54, 1.807) is 0 Å². The van der Waals surface area contributed by atoms with Crippen molar-refractivity contribution in [2.45, 2.75) is 277 Å². The maximum Gasteiger partial charge on any atom is 0.472 e. The molecular formula is C84H137NO8P+. The van der Waals surface area contributed by atoms with Gasteiger partial charge in [0.25, 0.3) is 0 Å². The van der Waals surface area contributed by atoms with Crippen LogP contribution in [0, 0.1) is 0 Å². The molecule has 2 atom stereocenters. The average molecular weight is 1320 g/mol. The van der Waals surface area contributed by atoms with Crippen LogP contribution in [0.15, 0.2) is 194 Å². The van der Waals surface area contributed by atoms with Gasteiger partial charge in [-0.3, -0.25) is 18.6 Å². The van der Waals surface area contributed by atoms with Crippen LogP contribution in [-0.4, -0.2) is 74.9 Å². The highest BCUT2D eigenvalue weighted by molar-refractivity contribution is 7.47. The molecule has 0 saturated carbocycles. The van der Waals surface area contributed by atoms with E-state index in [0.717, 1.165) is 141 Å². The number of unbranched alkanes of at least 4 members (excludes halogenated alkanes) is 20. The highest BCUT2D eigenvalue weighted by Crippen LogP contribution is 2.43. The zero-order valence-corrected chi connectivity index (χ0v) is 61.3. The Labute approximate surface area is 577 Å². The minimum absolute atomic E-state index is 0.0156. The van der Waals surface area contributed by atoms with E-state index < -0.39 is 26.5 Å². The number of carbonyl (C=O) groups is 2. The Balaban J connectivity index is 4.11. The zero-order chi connectivity index (χ0) is 68.3. The van der Waals surface area contributed by atoms with Crippen molar-refractivity contribution in [3.05, 3.63) is 194 Å². The molecule has 0 aliphatic carbocycles. The van der Waals surface area contributed by atoms with Crippen LogP contribution in [0.4, 0.5) is 0 Å². The fourth-order valence-electron chi connectivity index (χ4n) is 9.52. The Morgan fingerprint density at radius 2 is 0.574 bits per heavy atom. The van der Waals surface area contributed by atoms with Gasteiger partial charge in [0.1, 0.15) is 19.8 Å². The standard InChI is InChI=1S/C84H136NO8P/c1-6-8-10-12-14-16-18-20-22-24-26-28-30-32-34-36-38-39-40-41-42-43-44-45-47-48-50-52-54-56-58-60-62-64-66-68-70-72-74-76-83(86)90-80-82(81-92-94(88,89)91-79-78-85(3,4)5)93-84(87)77-75-73-71-69-67-65-63-61-59-57-55-53-51-49-46-37-35-33-31-29-27-25-23-21-19-17-15-13-11-9-7-2/h8-11,14-17,20-23,26-29,32-35,38-39,41-42,46,49,53,55,59,61,65,67,82H,6-7,12-13,18-19,24-25,30-31,36-37,40,43-45,47-48,50-52,54,56-58,60,62-64,66,68-81H2,1-5H3/p+1/b10-8-,11-9-,16-14-,17-15-,22-20-,23-21-,28-26-,29-27-,34-32-,35-33-,39-38-,42-41-,49-46-,55-53-,61-59-,67-65-. The van der Waals surface area contributed by atoms with Crippen LogP contribution in [0.1, 0.15) is 271 Å². The number of phosphoric ester groups is 1. The van der Waals surface area contributed by atoms with Crippen LogP contribution >= 0.6 is 7.82 Å². The van der Waals surface area contributed by atoms with Crippen LogP contribution < -0.4 is 0 Å². The summed E-state index contributed by atoms with van der Waals surface area (Å²) in [6.07, 6.45) is 113. The van der Waals surface area contributed by atoms with Gasteiger partial charge in [-0.2, -0.15) is 0 Å². The van der Waals surface area contributed by atoms with E-state index in [-0.39, 0.29) is 32.0 Å². The Morgan fingerprint density at radius 1 is 0.330 bits per heavy atom. The lowest BCUT2D eigenvalue weighted by Gasteiger charge is -2.24. The number of rotatable bonds is 66. The molecule has 530 valence electrons. The maximum atomic E-state index is 12.9. The summed E-state index contributed by atoms with van der Waals surface area (Å²) in [5.74, 6) is -0.844. The Bertz CT molecular complexity index is 2290. The van der Waals surface area contributed by atoms with Crippen LogP contribution in [0.2, 0.25) is 0 Å². The number of esters is 2. The second-order valence-corrected chi connectivity index (χ2v) is 26.7. The van der Waals surface area contributed by atoms with Crippen molar-refractivity contribution >= 4 is 19.8 Å². The van der Waals surface area contributed by atoms with Gasteiger partial charge in [0, 0.05) is 12.8 Å². The van der Waals surface area contributed by atoms with Crippen LogP contribution in [-0.2, 0) is 32.7 Å². The van der Waals surface area contributed by atoms with Crippen molar-refractivity contribution in [1.29, 1.82) is 0 Å². The molecule has 0 saturated heterocycles. The molecule has 0 bridgehead atoms. The first-order valence-corrected chi connectivity index (χ1v) is 38.7. The van der Waals surface area contributed by atoms with Gasteiger partial charge in [-0.05, 0) is 141 Å². The third-order valence-electron chi connectivity index (χ3n) is 15.1. The number of hydrogen-bond acceptors (Lipinski definition) is 7. The quantitative estimate of drug-likeness (QED) is 0.0211. The minimum Gasteiger partial charge on any atom is -0.462 e. The summed E-state index contributed by atoms with van der Waals surface area (Å²) in [6, 6.07) is 0. The van der Waals surface area contributed by atoms with Gasteiger partial charge in [0.05, 0.1) is 27.7 Å². The highest BCUT2D eigenvalue weighted by Gasteiger charge is 2.27. The molecular weight excluding hydrogens is 1180 g/mol.